The lowest BCUT2D eigenvalue weighted by molar-refractivity contribution is 0.0696. The highest BCUT2D eigenvalue weighted by atomic mass is 32.2. The first-order valence-corrected chi connectivity index (χ1v) is 6.74. The molecule has 0 amide bonds. The molecule has 0 aliphatic heterocycles. The van der Waals surface area contributed by atoms with Crippen LogP contribution < -0.4 is 4.72 Å². The van der Waals surface area contributed by atoms with Crippen molar-refractivity contribution < 1.29 is 18.3 Å². The highest BCUT2D eigenvalue weighted by molar-refractivity contribution is 7.92. The average Bonchev–Trinajstić information content (AvgIpc) is 2.81. The molecule has 1 aromatic heterocycles. The third-order valence-electron chi connectivity index (χ3n) is 2.47. The number of carboxylic acids is 1. The van der Waals surface area contributed by atoms with Gasteiger partial charge in [-0.2, -0.15) is 5.10 Å². The zero-order chi connectivity index (χ0) is 14.0. The van der Waals surface area contributed by atoms with E-state index in [1.165, 1.54) is 24.4 Å². The number of aryl methyl sites for hydroxylation is 1. The summed E-state index contributed by atoms with van der Waals surface area (Å²) >= 11 is 0. The largest absolute Gasteiger partial charge is 0.478 e. The predicted molar refractivity (Wildman–Crippen MR) is 67.5 cm³/mol. The van der Waals surface area contributed by atoms with Crippen molar-refractivity contribution in [2.45, 2.75) is 11.8 Å². The van der Waals surface area contributed by atoms with Gasteiger partial charge in [-0.1, -0.05) is 6.07 Å². The minimum atomic E-state index is -3.85. The fraction of sp³-hybridized carbons (Fsp3) is 0.0909. The van der Waals surface area contributed by atoms with E-state index in [0.29, 0.717) is 5.56 Å². The Hall–Kier alpha value is -2.35. The van der Waals surface area contributed by atoms with E-state index >= 15 is 0 Å². The van der Waals surface area contributed by atoms with E-state index in [2.05, 4.69) is 14.9 Å². The first-order chi connectivity index (χ1) is 8.90. The SMILES string of the molecule is Cc1ccc(C(=O)O)cc1S(=O)(=O)Nc1ccn[nH]1. The Morgan fingerprint density at radius 1 is 1.37 bits per heavy atom. The van der Waals surface area contributed by atoms with Crippen molar-refractivity contribution in [3.8, 4) is 0 Å². The van der Waals surface area contributed by atoms with Gasteiger partial charge in [0.1, 0.15) is 5.82 Å². The fourth-order valence-corrected chi connectivity index (χ4v) is 2.82. The number of carboxylic acid groups (broad SMARTS) is 1. The van der Waals surface area contributed by atoms with Gasteiger partial charge in [-0.05, 0) is 24.6 Å². The number of carbonyl (C=O) groups is 1. The van der Waals surface area contributed by atoms with E-state index in [0.717, 1.165) is 6.07 Å². The summed E-state index contributed by atoms with van der Waals surface area (Å²) in [5.74, 6) is -0.974. The average molecular weight is 281 g/mol. The highest BCUT2D eigenvalue weighted by Crippen LogP contribution is 2.19. The molecule has 8 heteroatoms. The Morgan fingerprint density at radius 2 is 2.11 bits per heavy atom. The van der Waals surface area contributed by atoms with Crippen LogP contribution in [0.3, 0.4) is 0 Å². The lowest BCUT2D eigenvalue weighted by Gasteiger charge is -2.09. The second-order valence-corrected chi connectivity index (χ2v) is 5.51. The van der Waals surface area contributed by atoms with Gasteiger partial charge in [0.15, 0.2) is 0 Å². The van der Waals surface area contributed by atoms with Gasteiger partial charge in [0.25, 0.3) is 10.0 Å². The molecule has 0 aliphatic carbocycles. The van der Waals surface area contributed by atoms with Gasteiger partial charge in [0.2, 0.25) is 0 Å². The van der Waals surface area contributed by atoms with Crippen molar-refractivity contribution in [1.82, 2.24) is 10.2 Å². The minimum absolute atomic E-state index is 0.0815. The van der Waals surface area contributed by atoms with Crippen LogP contribution in [-0.2, 0) is 10.0 Å². The molecule has 0 fully saturated rings. The number of nitrogens with zero attached hydrogens (tertiary/aromatic N) is 1. The molecule has 0 saturated carbocycles. The maximum atomic E-state index is 12.1. The molecule has 2 rings (SSSR count). The van der Waals surface area contributed by atoms with Gasteiger partial charge in [-0.25, -0.2) is 13.2 Å². The molecule has 0 bridgehead atoms. The van der Waals surface area contributed by atoms with Gasteiger partial charge in [0, 0.05) is 6.07 Å². The molecule has 0 radical (unpaired) electrons. The summed E-state index contributed by atoms with van der Waals surface area (Å²) in [5.41, 5.74) is 0.368. The van der Waals surface area contributed by atoms with Crippen molar-refractivity contribution in [3.05, 3.63) is 41.6 Å². The Morgan fingerprint density at radius 3 is 2.68 bits per heavy atom. The molecule has 0 saturated heterocycles. The first kappa shape index (κ1) is 13.1. The minimum Gasteiger partial charge on any atom is -0.478 e. The van der Waals surface area contributed by atoms with Gasteiger partial charge in [-0.15, -0.1) is 0 Å². The molecule has 0 spiro atoms. The molecule has 7 nitrogen and oxygen atoms in total. The molecule has 1 heterocycles. The maximum absolute atomic E-state index is 12.1. The molecule has 0 atom stereocenters. The zero-order valence-electron chi connectivity index (χ0n) is 9.91. The van der Waals surface area contributed by atoms with Crippen LogP contribution in [0.25, 0.3) is 0 Å². The van der Waals surface area contributed by atoms with Crippen molar-refractivity contribution in [1.29, 1.82) is 0 Å². The van der Waals surface area contributed by atoms with E-state index in [1.54, 1.807) is 6.92 Å². The summed E-state index contributed by atoms with van der Waals surface area (Å²) in [6.07, 6.45) is 1.40. The molecule has 1 aromatic carbocycles. The number of nitrogens with one attached hydrogen (secondary N) is 2. The molecular weight excluding hydrogens is 270 g/mol. The van der Waals surface area contributed by atoms with Crippen LogP contribution in [0.5, 0.6) is 0 Å². The molecule has 0 aliphatic rings. The Bertz CT molecular complexity index is 708. The maximum Gasteiger partial charge on any atom is 0.335 e. The van der Waals surface area contributed by atoms with Crippen LogP contribution in [-0.4, -0.2) is 29.7 Å². The molecule has 0 unspecified atom stereocenters. The number of hydrogen-bond acceptors (Lipinski definition) is 4. The summed E-state index contributed by atoms with van der Waals surface area (Å²) in [4.78, 5) is 10.8. The van der Waals surface area contributed by atoms with Crippen molar-refractivity contribution >= 4 is 21.8 Å². The number of hydrogen-bond donors (Lipinski definition) is 3. The molecule has 100 valence electrons. The van der Waals surface area contributed by atoms with Crippen LogP contribution in [0.15, 0.2) is 35.4 Å². The number of benzene rings is 1. The third kappa shape index (κ3) is 2.74. The van der Waals surface area contributed by atoms with Gasteiger partial charge < -0.3 is 5.11 Å². The van der Waals surface area contributed by atoms with Crippen molar-refractivity contribution in [3.63, 3.8) is 0 Å². The lowest BCUT2D eigenvalue weighted by Crippen LogP contribution is -2.15. The summed E-state index contributed by atoms with van der Waals surface area (Å²) in [5, 5.41) is 15.0. The Labute approximate surface area is 109 Å². The van der Waals surface area contributed by atoms with Crippen LogP contribution in [0.1, 0.15) is 15.9 Å². The predicted octanol–water partition coefficient (Wildman–Crippen LogP) is 1.22. The van der Waals surface area contributed by atoms with Crippen molar-refractivity contribution in [2.24, 2.45) is 0 Å². The second-order valence-electron chi connectivity index (χ2n) is 3.86. The van der Waals surface area contributed by atoms with Crippen LogP contribution in [0.4, 0.5) is 5.82 Å². The van der Waals surface area contributed by atoms with E-state index in [4.69, 9.17) is 5.11 Å². The number of aromatic nitrogens is 2. The number of aromatic carboxylic acids is 1. The number of H-pyrrole nitrogens is 1. The molecule has 19 heavy (non-hydrogen) atoms. The van der Waals surface area contributed by atoms with E-state index in [1.807, 2.05) is 0 Å². The summed E-state index contributed by atoms with van der Waals surface area (Å²) in [6.45, 7) is 1.59. The van der Waals surface area contributed by atoms with Gasteiger partial charge in [-0.3, -0.25) is 9.82 Å². The summed E-state index contributed by atoms with van der Waals surface area (Å²) in [7, 11) is -3.85. The fourth-order valence-electron chi connectivity index (χ4n) is 1.54. The van der Waals surface area contributed by atoms with Crippen LogP contribution >= 0.6 is 0 Å². The van der Waals surface area contributed by atoms with Crippen molar-refractivity contribution in [2.75, 3.05) is 4.72 Å². The third-order valence-corrected chi connectivity index (χ3v) is 3.98. The number of sulfonamides is 1. The molecule has 2 aromatic rings. The monoisotopic (exact) mass is 281 g/mol. The number of aromatic amines is 1. The summed E-state index contributed by atoms with van der Waals surface area (Å²) in [6, 6.07) is 5.38. The smallest absolute Gasteiger partial charge is 0.335 e. The van der Waals surface area contributed by atoms with Crippen LogP contribution in [0, 0.1) is 6.92 Å². The van der Waals surface area contributed by atoms with E-state index < -0.39 is 16.0 Å². The second kappa shape index (κ2) is 4.73. The number of anilines is 1. The normalized spacial score (nSPS) is 11.2. The topological polar surface area (TPSA) is 112 Å². The zero-order valence-corrected chi connectivity index (χ0v) is 10.7. The molecule has 3 N–H and O–H groups in total. The molecular formula is C11H11N3O4S. The van der Waals surface area contributed by atoms with Gasteiger partial charge in [0.05, 0.1) is 16.7 Å². The summed E-state index contributed by atoms with van der Waals surface area (Å²) < 4.78 is 26.6. The standard InChI is InChI=1S/C11H11N3O4S/c1-7-2-3-8(11(15)16)6-9(7)19(17,18)14-10-4-5-12-13-10/h2-6H,1H3,(H,15,16)(H2,12,13,14). The van der Waals surface area contributed by atoms with E-state index in [-0.39, 0.29) is 16.3 Å². The Kier molecular flexibility index (Phi) is 3.26. The first-order valence-electron chi connectivity index (χ1n) is 5.26. The Balaban J connectivity index is 2.45. The lowest BCUT2D eigenvalue weighted by atomic mass is 10.1. The number of rotatable bonds is 4. The quantitative estimate of drug-likeness (QED) is 0.780. The highest BCUT2D eigenvalue weighted by Gasteiger charge is 2.19. The van der Waals surface area contributed by atoms with E-state index in [9.17, 15) is 13.2 Å². The van der Waals surface area contributed by atoms with Gasteiger partial charge >= 0.3 is 5.97 Å². The van der Waals surface area contributed by atoms with Crippen LogP contribution in [0.2, 0.25) is 0 Å².